The van der Waals surface area contributed by atoms with Gasteiger partial charge in [-0.15, -0.1) is 0 Å². The monoisotopic (exact) mass is 709 g/mol. The van der Waals surface area contributed by atoms with Crippen molar-refractivity contribution in [3.05, 3.63) is 132 Å². The Kier molecular flexibility index (Phi) is 12.0. The summed E-state index contributed by atoms with van der Waals surface area (Å²) in [5, 5.41) is 12.5. The van der Waals surface area contributed by atoms with Gasteiger partial charge in [0.1, 0.15) is 5.82 Å². The van der Waals surface area contributed by atoms with Crippen LogP contribution in [0.25, 0.3) is 28.1 Å². The minimum absolute atomic E-state index is 0.0368. The molecule has 2 atom stereocenters. The number of hydrogen-bond donors (Lipinski definition) is 1. The Morgan fingerprint density at radius 3 is 2.04 bits per heavy atom. The number of benzene rings is 4. The molecule has 9 heteroatoms. The molecule has 0 radical (unpaired) electrons. The Morgan fingerprint density at radius 2 is 1.48 bits per heavy atom. The van der Waals surface area contributed by atoms with Gasteiger partial charge in [-0.3, -0.25) is 14.3 Å². The van der Waals surface area contributed by atoms with Gasteiger partial charge in [0.15, 0.2) is 8.03 Å². The minimum Gasteiger partial charge on any atom is -0.481 e. The quantitative estimate of drug-likeness (QED) is 0.0915. The van der Waals surface area contributed by atoms with E-state index in [1.54, 1.807) is 12.1 Å². The standard InChI is InChI=1S/C41H45FNO5PSi/c1-29(2)40-36(39(30-22-24-31(42)25-23-30)35-19-12-13-21-37(35)43-40)20-14-26-47-49(46)28-32(27-38(44)45)48-50(41(3,4)5,33-15-8-6-9-16-33)34-17-10-7-11-18-34/h6-25,29,32,49H,26-28H2,1-5H3,(H,44,45). The van der Waals surface area contributed by atoms with E-state index < -0.39 is 28.4 Å². The summed E-state index contributed by atoms with van der Waals surface area (Å²) >= 11 is 0. The fourth-order valence-electron chi connectivity index (χ4n) is 6.63. The van der Waals surface area contributed by atoms with Gasteiger partial charge in [-0.2, -0.15) is 0 Å². The summed E-state index contributed by atoms with van der Waals surface area (Å²) < 4.78 is 40.4. The van der Waals surface area contributed by atoms with Gasteiger partial charge < -0.3 is 14.1 Å². The van der Waals surface area contributed by atoms with Crippen LogP contribution in [0.1, 0.15) is 58.2 Å². The van der Waals surface area contributed by atoms with E-state index >= 15 is 0 Å². The van der Waals surface area contributed by atoms with Crippen LogP contribution in [0.15, 0.2) is 115 Å². The van der Waals surface area contributed by atoms with E-state index in [2.05, 4.69) is 34.6 Å². The number of aromatic nitrogens is 1. The van der Waals surface area contributed by atoms with Crippen LogP contribution in [-0.2, 0) is 18.3 Å². The van der Waals surface area contributed by atoms with Crippen molar-refractivity contribution < 1.29 is 27.8 Å². The highest BCUT2D eigenvalue weighted by Crippen LogP contribution is 2.40. The third-order valence-electron chi connectivity index (χ3n) is 8.82. The van der Waals surface area contributed by atoms with Crippen LogP contribution >= 0.6 is 8.03 Å². The van der Waals surface area contributed by atoms with Crippen molar-refractivity contribution in [1.82, 2.24) is 4.98 Å². The molecule has 0 bridgehead atoms. The summed E-state index contributed by atoms with van der Waals surface area (Å²) in [6.07, 6.45) is 2.56. The maximum Gasteiger partial charge on any atom is 0.305 e. The number of para-hydroxylation sites is 1. The number of aliphatic carboxylic acids is 1. The zero-order chi connectivity index (χ0) is 35.9. The van der Waals surface area contributed by atoms with Crippen LogP contribution in [-0.4, -0.2) is 43.2 Å². The second-order valence-electron chi connectivity index (χ2n) is 13.8. The van der Waals surface area contributed by atoms with Crippen molar-refractivity contribution in [2.45, 2.75) is 58.1 Å². The molecule has 50 heavy (non-hydrogen) atoms. The largest absolute Gasteiger partial charge is 0.481 e. The average Bonchev–Trinajstić information content (AvgIpc) is 3.09. The van der Waals surface area contributed by atoms with Gasteiger partial charge in [-0.1, -0.05) is 138 Å². The van der Waals surface area contributed by atoms with Crippen LogP contribution in [0.3, 0.4) is 0 Å². The SMILES string of the molecule is CC(C)c1nc2ccccc2c(-c2ccc(F)cc2)c1C=CCO[PH](=O)CC(CC(=O)O)O[Si](c1ccccc1)(c1ccccc1)C(C)(C)C. The molecule has 5 rings (SSSR count). The topological polar surface area (TPSA) is 85.7 Å². The van der Waals surface area contributed by atoms with Crippen molar-refractivity contribution in [3.63, 3.8) is 0 Å². The van der Waals surface area contributed by atoms with E-state index in [1.165, 1.54) is 12.1 Å². The molecule has 0 saturated heterocycles. The molecule has 0 aliphatic carbocycles. The second-order valence-corrected chi connectivity index (χ2v) is 19.4. The number of carboxylic acid groups (broad SMARTS) is 1. The molecule has 0 spiro atoms. The smallest absolute Gasteiger partial charge is 0.305 e. The van der Waals surface area contributed by atoms with Crippen LogP contribution < -0.4 is 10.4 Å². The molecular weight excluding hydrogens is 665 g/mol. The van der Waals surface area contributed by atoms with Crippen LogP contribution in [0.4, 0.5) is 4.39 Å². The molecule has 0 aliphatic rings. The lowest BCUT2D eigenvalue weighted by molar-refractivity contribution is -0.138. The summed E-state index contributed by atoms with van der Waals surface area (Å²) in [7, 11) is -5.81. The number of rotatable bonds is 14. The third-order valence-corrected chi connectivity index (χ3v) is 15.2. The molecule has 1 aromatic heterocycles. The highest BCUT2D eigenvalue weighted by molar-refractivity contribution is 7.39. The number of fused-ring (bicyclic) bond motifs is 1. The number of carbonyl (C=O) groups is 1. The number of nitrogens with zero attached hydrogens (tertiary/aromatic N) is 1. The molecule has 5 aromatic rings. The Labute approximate surface area is 296 Å². The summed E-state index contributed by atoms with van der Waals surface area (Å²) in [6, 6.07) is 34.3. The Morgan fingerprint density at radius 1 is 0.900 bits per heavy atom. The molecule has 6 nitrogen and oxygen atoms in total. The summed E-state index contributed by atoms with van der Waals surface area (Å²) in [6.45, 7) is 10.6. The van der Waals surface area contributed by atoms with Crippen molar-refractivity contribution in [3.8, 4) is 11.1 Å². The maximum atomic E-state index is 13.9. The predicted molar refractivity (Wildman–Crippen MR) is 205 cm³/mol. The van der Waals surface area contributed by atoms with Gasteiger partial charge in [0, 0.05) is 22.7 Å². The molecule has 1 heterocycles. The van der Waals surface area contributed by atoms with Gasteiger partial charge in [-0.05, 0) is 45.1 Å². The fraction of sp³-hybridized carbons (Fsp3) is 0.268. The molecule has 0 fully saturated rings. The average molecular weight is 710 g/mol. The molecule has 4 aromatic carbocycles. The van der Waals surface area contributed by atoms with Crippen LogP contribution in [0.5, 0.6) is 0 Å². The van der Waals surface area contributed by atoms with Gasteiger partial charge in [0.2, 0.25) is 0 Å². The lowest BCUT2D eigenvalue weighted by Crippen LogP contribution is -2.68. The zero-order valence-corrected chi connectivity index (χ0v) is 31.2. The van der Waals surface area contributed by atoms with Gasteiger partial charge in [0.05, 0.1) is 30.3 Å². The molecule has 0 saturated carbocycles. The third kappa shape index (κ3) is 8.39. The van der Waals surface area contributed by atoms with Crippen molar-refractivity contribution in [2.75, 3.05) is 12.8 Å². The first kappa shape index (κ1) is 37.1. The first-order valence-electron chi connectivity index (χ1n) is 16.9. The van der Waals surface area contributed by atoms with E-state index in [1.807, 2.05) is 97.1 Å². The van der Waals surface area contributed by atoms with Crippen molar-refractivity contribution in [1.29, 1.82) is 0 Å². The van der Waals surface area contributed by atoms with Gasteiger partial charge in [0.25, 0.3) is 8.32 Å². The highest BCUT2D eigenvalue weighted by atomic mass is 31.1. The van der Waals surface area contributed by atoms with E-state index in [0.717, 1.165) is 43.7 Å². The number of hydrogen-bond acceptors (Lipinski definition) is 5. The van der Waals surface area contributed by atoms with Crippen LogP contribution in [0.2, 0.25) is 5.04 Å². The van der Waals surface area contributed by atoms with E-state index in [-0.39, 0.29) is 36.0 Å². The van der Waals surface area contributed by atoms with E-state index in [0.29, 0.717) is 0 Å². The molecule has 1 N–H and O–H groups in total. The summed E-state index contributed by atoms with van der Waals surface area (Å²) in [4.78, 5) is 17.1. The lowest BCUT2D eigenvalue weighted by Gasteiger charge is -2.45. The molecular formula is C41H45FNO5PSi. The zero-order valence-electron chi connectivity index (χ0n) is 29.2. The van der Waals surface area contributed by atoms with Gasteiger partial charge >= 0.3 is 5.97 Å². The predicted octanol–water partition coefficient (Wildman–Crippen LogP) is 9.09. The molecule has 2 unspecified atom stereocenters. The maximum absolute atomic E-state index is 13.9. The molecule has 260 valence electrons. The van der Waals surface area contributed by atoms with E-state index in [4.69, 9.17) is 13.9 Å². The summed E-state index contributed by atoms with van der Waals surface area (Å²) in [5.41, 5.74) is 4.40. The second kappa shape index (κ2) is 16.2. The number of halogens is 1. The molecule has 0 aliphatic heterocycles. The Bertz CT molecular complexity index is 1920. The minimum atomic E-state index is -3.10. The van der Waals surface area contributed by atoms with Gasteiger partial charge in [-0.25, -0.2) is 4.39 Å². The number of carboxylic acids is 1. The number of pyridine rings is 1. The van der Waals surface area contributed by atoms with Crippen LogP contribution in [0, 0.1) is 5.82 Å². The van der Waals surface area contributed by atoms with Crippen molar-refractivity contribution >= 4 is 49.7 Å². The summed E-state index contributed by atoms with van der Waals surface area (Å²) in [5.74, 6) is -1.25. The normalized spacial score (nSPS) is 13.6. The first-order valence-corrected chi connectivity index (χ1v) is 20.3. The Balaban J connectivity index is 1.42. The lowest BCUT2D eigenvalue weighted by atomic mass is 9.90. The van der Waals surface area contributed by atoms with E-state index in [9.17, 15) is 18.9 Å². The first-order chi connectivity index (χ1) is 23.9. The highest BCUT2D eigenvalue weighted by Gasteiger charge is 2.51. The molecule has 0 amide bonds. The fourth-order valence-corrected chi connectivity index (χ4v) is 12.5. The Hall–Kier alpha value is -4.20. The van der Waals surface area contributed by atoms with Crippen molar-refractivity contribution in [2.24, 2.45) is 0 Å².